The van der Waals surface area contributed by atoms with Crippen LogP contribution in [-0.2, 0) is 4.79 Å². The number of aryl methyl sites for hydroxylation is 1. The van der Waals surface area contributed by atoms with Gasteiger partial charge in [-0.2, -0.15) is 0 Å². The van der Waals surface area contributed by atoms with Crippen molar-refractivity contribution in [3.05, 3.63) is 58.6 Å². The highest BCUT2D eigenvalue weighted by atomic mass is 79.9. The number of anilines is 2. The molecule has 0 bridgehead atoms. The molecular formula is C18H18BrN3O2. The minimum atomic E-state index is -0.202. The van der Waals surface area contributed by atoms with Crippen LogP contribution in [0, 0.1) is 6.92 Å². The minimum Gasteiger partial charge on any atom is -0.325 e. The van der Waals surface area contributed by atoms with Gasteiger partial charge in [-0.05, 0) is 37.3 Å². The zero-order valence-electron chi connectivity index (χ0n) is 13.3. The van der Waals surface area contributed by atoms with E-state index < -0.39 is 0 Å². The molecule has 2 aromatic carbocycles. The molecule has 124 valence electrons. The monoisotopic (exact) mass is 387 g/mol. The molecule has 0 unspecified atom stereocenters. The van der Waals surface area contributed by atoms with E-state index in [-0.39, 0.29) is 18.5 Å². The second-order valence-corrected chi connectivity index (χ2v) is 6.67. The number of carbonyl (C=O) groups excluding carboxylic acids is 2. The number of amides is 3. The van der Waals surface area contributed by atoms with Gasteiger partial charge in [-0.15, -0.1) is 0 Å². The summed E-state index contributed by atoms with van der Waals surface area (Å²) >= 11 is 3.37. The Morgan fingerprint density at radius 3 is 2.62 bits per heavy atom. The number of halogens is 1. The van der Waals surface area contributed by atoms with Gasteiger partial charge in [0.15, 0.2) is 0 Å². The minimum absolute atomic E-state index is 0.0493. The number of benzene rings is 2. The predicted molar refractivity (Wildman–Crippen MR) is 98.3 cm³/mol. The number of nitrogens with one attached hydrogen (secondary N) is 1. The molecule has 0 aromatic heterocycles. The fourth-order valence-electron chi connectivity index (χ4n) is 2.63. The van der Waals surface area contributed by atoms with Crippen molar-refractivity contribution in [2.75, 3.05) is 29.9 Å². The van der Waals surface area contributed by atoms with Gasteiger partial charge in [0.25, 0.3) is 0 Å². The van der Waals surface area contributed by atoms with E-state index in [4.69, 9.17) is 0 Å². The molecule has 6 heteroatoms. The number of rotatable bonds is 4. The zero-order chi connectivity index (χ0) is 17.1. The standard InChI is InChI=1S/C18H18BrN3O2/c1-13-5-7-16(8-6-13)22-10-9-21(18(22)24)12-17(23)20-15-4-2-3-14(19)11-15/h2-8,11H,9-10,12H2,1H3,(H,20,23). The largest absolute Gasteiger partial charge is 0.325 e. The van der Waals surface area contributed by atoms with Crippen LogP contribution in [0.4, 0.5) is 16.2 Å². The van der Waals surface area contributed by atoms with Crippen molar-refractivity contribution in [3.63, 3.8) is 0 Å². The van der Waals surface area contributed by atoms with Gasteiger partial charge < -0.3 is 10.2 Å². The molecule has 24 heavy (non-hydrogen) atoms. The third kappa shape index (κ3) is 3.76. The summed E-state index contributed by atoms with van der Waals surface area (Å²) < 4.78 is 0.892. The summed E-state index contributed by atoms with van der Waals surface area (Å²) in [6, 6.07) is 15.0. The van der Waals surface area contributed by atoms with E-state index >= 15 is 0 Å². The lowest BCUT2D eigenvalue weighted by Gasteiger charge is -2.18. The molecule has 0 aliphatic carbocycles. The van der Waals surface area contributed by atoms with Gasteiger partial charge in [0.1, 0.15) is 6.54 Å². The van der Waals surface area contributed by atoms with Crippen LogP contribution in [0.2, 0.25) is 0 Å². The van der Waals surface area contributed by atoms with Crippen molar-refractivity contribution in [2.45, 2.75) is 6.92 Å². The lowest BCUT2D eigenvalue weighted by Crippen LogP contribution is -2.37. The molecule has 3 amide bonds. The van der Waals surface area contributed by atoms with E-state index in [0.29, 0.717) is 18.8 Å². The van der Waals surface area contributed by atoms with Crippen molar-refractivity contribution < 1.29 is 9.59 Å². The van der Waals surface area contributed by atoms with Crippen LogP contribution in [-0.4, -0.2) is 36.5 Å². The van der Waals surface area contributed by atoms with Crippen LogP contribution in [0.5, 0.6) is 0 Å². The highest BCUT2D eigenvalue weighted by Crippen LogP contribution is 2.21. The van der Waals surface area contributed by atoms with Gasteiger partial charge in [0.2, 0.25) is 5.91 Å². The summed E-state index contributed by atoms with van der Waals surface area (Å²) in [6.45, 7) is 3.19. The average molecular weight is 388 g/mol. The smallest absolute Gasteiger partial charge is 0.325 e. The van der Waals surface area contributed by atoms with Crippen molar-refractivity contribution in [1.29, 1.82) is 0 Å². The van der Waals surface area contributed by atoms with Crippen LogP contribution in [0.1, 0.15) is 5.56 Å². The Morgan fingerprint density at radius 1 is 1.17 bits per heavy atom. The predicted octanol–water partition coefficient (Wildman–Crippen LogP) is 3.64. The average Bonchev–Trinajstić information content (AvgIpc) is 2.89. The molecule has 3 rings (SSSR count). The summed E-state index contributed by atoms with van der Waals surface area (Å²) in [5.41, 5.74) is 2.72. The van der Waals surface area contributed by atoms with Gasteiger partial charge in [0.05, 0.1) is 0 Å². The lowest BCUT2D eigenvalue weighted by atomic mass is 10.2. The van der Waals surface area contributed by atoms with Gasteiger partial charge in [-0.1, -0.05) is 39.7 Å². The summed E-state index contributed by atoms with van der Waals surface area (Å²) in [7, 11) is 0. The third-order valence-corrected chi connectivity index (χ3v) is 4.38. The first kappa shape index (κ1) is 16.5. The fourth-order valence-corrected chi connectivity index (χ4v) is 3.03. The van der Waals surface area contributed by atoms with Crippen LogP contribution in [0.3, 0.4) is 0 Å². The van der Waals surface area contributed by atoms with E-state index in [9.17, 15) is 9.59 Å². The van der Waals surface area contributed by atoms with E-state index in [2.05, 4.69) is 21.2 Å². The van der Waals surface area contributed by atoms with E-state index in [0.717, 1.165) is 15.7 Å². The normalized spacial score (nSPS) is 14.2. The molecule has 1 N–H and O–H groups in total. The van der Waals surface area contributed by atoms with Crippen LogP contribution in [0.15, 0.2) is 53.0 Å². The van der Waals surface area contributed by atoms with Crippen LogP contribution < -0.4 is 10.2 Å². The van der Waals surface area contributed by atoms with E-state index in [1.165, 1.54) is 0 Å². The zero-order valence-corrected chi connectivity index (χ0v) is 14.9. The number of hydrogen-bond donors (Lipinski definition) is 1. The Labute approximate surface area is 149 Å². The highest BCUT2D eigenvalue weighted by molar-refractivity contribution is 9.10. The Morgan fingerprint density at radius 2 is 1.92 bits per heavy atom. The first-order valence-corrected chi connectivity index (χ1v) is 8.51. The van der Waals surface area contributed by atoms with Crippen molar-refractivity contribution in [2.24, 2.45) is 0 Å². The van der Waals surface area contributed by atoms with E-state index in [1.807, 2.05) is 55.5 Å². The van der Waals surface area contributed by atoms with Gasteiger partial charge in [0, 0.05) is 28.9 Å². The quantitative estimate of drug-likeness (QED) is 0.870. The van der Waals surface area contributed by atoms with Crippen molar-refractivity contribution in [1.82, 2.24) is 4.90 Å². The number of urea groups is 1. The van der Waals surface area contributed by atoms with Gasteiger partial charge >= 0.3 is 6.03 Å². The molecule has 0 atom stereocenters. The Balaban J connectivity index is 1.61. The number of nitrogens with zero attached hydrogens (tertiary/aromatic N) is 2. The topological polar surface area (TPSA) is 52.6 Å². The number of carbonyl (C=O) groups is 2. The SMILES string of the molecule is Cc1ccc(N2CCN(CC(=O)Nc3cccc(Br)c3)C2=O)cc1. The first-order chi connectivity index (χ1) is 11.5. The maximum atomic E-state index is 12.5. The fraction of sp³-hybridized carbons (Fsp3) is 0.222. The summed E-state index contributed by atoms with van der Waals surface area (Å²) in [4.78, 5) is 27.9. The summed E-state index contributed by atoms with van der Waals surface area (Å²) in [5, 5.41) is 2.81. The first-order valence-electron chi connectivity index (χ1n) is 7.71. The van der Waals surface area contributed by atoms with Crippen molar-refractivity contribution in [3.8, 4) is 0 Å². The summed E-state index contributed by atoms with van der Waals surface area (Å²) in [5.74, 6) is -0.202. The Kier molecular flexibility index (Phi) is 4.85. The lowest BCUT2D eigenvalue weighted by molar-refractivity contribution is -0.116. The van der Waals surface area contributed by atoms with E-state index in [1.54, 1.807) is 9.80 Å². The summed E-state index contributed by atoms with van der Waals surface area (Å²) in [6.07, 6.45) is 0. The Hall–Kier alpha value is -2.34. The van der Waals surface area contributed by atoms with Crippen LogP contribution >= 0.6 is 15.9 Å². The maximum Gasteiger partial charge on any atom is 0.325 e. The Bertz CT molecular complexity index is 761. The second kappa shape index (κ2) is 7.05. The van der Waals surface area contributed by atoms with Crippen molar-refractivity contribution >= 4 is 39.2 Å². The molecule has 0 saturated carbocycles. The molecule has 1 fully saturated rings. The van der Waals surface area contributed by atoms with Crippen LogP contribution in [0.25, 0.3) is 0 Å². The molecule has 1 saturated heterocycles. The molecule has 1 heterocycles. The molecule has 2 aromatic rings. The van der Waals surface area contributed by atoms with Gasteiger partial charge in [-0.3, -0.25) is 9.69 Å². The van der Waals surface area contributed by atoms with Gasteiger partial charge in [-0.25, -0.2) is 4.79 Å². The molecule has 0 radical (unpaired) electrons. The second-order valence-electron chi connectivity index (χ2n) is 5.75. The third-order valence-electron chi connectivity index (χ3n) is 3.88. The highest BCUT2D eigenvalue weighted by Gasteiger charge is 2.30. The molecule has 0 spiro atoms. The molecule has 1 aliphatic rings. The number of hydrogen-bond acceptors (Lipinski definition) is 2. The molecule has 5 nitrogen and oxygen atoms in total. The molecule has 1 aliphatic heterocycles. The maximum absolute atomic E-state index is 12.5. The molecular weight excluding hydrogens is 370 g/mol.